The molecule has 0 bridgehead atoms. The van der Waals surface area contributed by atoms with Crippen molar-refractivity contribution in [3.8, 4) is 0 Å². The Bertz CT molecular complexity index is 130. The minimum Gasteiger partial charge on any atom is -0.326 e. The molecule has 0 saturated heterocycles. The van der Waals surface area contributed by atoms with E-state index in [-0.39, 0.29) is 5.54 Å². The van der Waals surface area contributed by atoms with Gasteiger partial charge in [0.15, 0.2) is 0 Å². The quantitative estimate of drug-likeness (QED) is 0.629. The van der Waals surface area contributed by atoms with Crippen molar-refractivity contribution in [1.82, 2.24) is 0 Å². The van der Waals surface area contributed by atoms with Gasteiger partial charge < -0.3 is 5.73 Å². The van der Waals surface area contributed by atoms with Crippen molar-refractivity contribution in [2.75, 3.05) is 0 Å². The minimum absolute atomic E-state index is 0.00416. The lowest BCUT2D eigenvalue weighted by molar-refractivity contribution is 0.401. The molecule has 0 fully saturated rings. The highest BCUT2D eigenvalue weighted by atomic mass is 14.7. The van der Waals surface area contributed by atoms with Crippen LogP contribution in [0.1, 0.15) is 47.0 Å². The van der Waals surface area contributed by atoms with Gasteiger partial charge in [0, 0.05) is 5.54 Å². The maximum absolute atomic E-state index is 5.89. The summed E-state index contributed by atoms with van der Waals surface area (Å²) in [6.07, 6.45) is 7.88. The van der Waals surface area contributed by atoms with E-state index >= 15 is 0 Å². The molecule has 0 aliphatic rings. The van der Waals surface area contributed by atoms with Gasteiger partial charge in [0.1, 0.15) is 0 Å². The summed E-state index contributed by atoms with van der Waals surface area (Å²) in [6.45, 7) is 8.54. The Morgan fingerprint density at radius 2 is 2.00 bits per heavy atom. The molecule has 1 nitrogen and oxygen atoms in total. The fraction of sp³-hybridized carbons (Fsp3) is 0.818. The van der Waals surface area contributed by atoms with E-state index in [2.05, 4.69) is 39.8 Å². The van der Waals surface area contributed by atoms with E-state index in [0.717, 1.165) is 12.3 Å². The lowest BCUT2D eigenvalue weighted by atomic mass is 9.92. The van der Waals surface area contributed by atoms with Crippen LogP contribution in [0, 0.1) is 5.92 Å². The number of hydrogen-bond donors (Lipinski definition) is 1. The van der Waals surface area contributed by atoms with Crippen LogP contribution in [0.15, 0.2) is 12.2 Å². The molecule has 0 saturated carbocycles. The maximum Gasteiger partial charge on any atom is 0.00971 e. The first-order valence-corrected chi connectivity index (χ1v) is 4.86. The molecule has 0 spiro atoms. The van der Waals surface area contributed by atoms with Gasteiger partial charge in [-0.15, -0.1) is 0 Å². The van der Waals surface area contributed by atoms with Crippen molar-refractivity contribution in [3.63, 3.8) is 0 Å². The lowest BCUT2D eigenvalue weighted by Gasteiger charge is -2.20. The smallest absolute Gasteiger partial charge is 0.00971 e. The molecular formula is C11H23N. The molecule has 0 aliphatic carbocycles. The van der Waals surface area contributed by atoms with Crippen LogP contribution in [0.3, 0.4) is 0 Å². The molecule has 0 radical (unpaired) electrons. The topological polar surface area (TPSA) is 26.0 Å². The molecule has 0 aromatic carbocycles. The second-order valence-electron chi connectivity index (χ2n) is 4.44. The van der Waals surface area contributed by atoms with Gasteiger partial charge in [0.2, 0.25) is 0 Å². The van der Waals surface area contributed by atoms with Crippen molar-refractivity contribution >= 4 is 0 Å². The fourth-order valence-electron chi connectivity index (χ4n) is 1.10. The first-order chi connectivity index (χ1) is 5.45. The summed E-state index contributed by atoms with van der Waals surface area (Å²) in [4.78, 5) is 0. The first kappa shape index (κ1) is 11.7. The Labute approximate surface area is 77.0 Å². The van der Waals surface area contributed by atoms with Crippen LogP contribution in [-0.4, -0.2) is 5.54 Å². The Hall–Kier alpha value is -0.300. The highest BCUT2D eigenvalue weighted by Crippen LogP contribution is 2.16. The van der Waals surface area contributed by atoms with Gasteiger partial charge in [-0.1, -0.05) is 19.1 Å². The minimum atomic E-state index is 0.00416. The summed E-state index contributed by atoms with van der Waals surface area (Å²) < 4.78 is 0. The van der Waals surface area contributed by atoms with Crippen LogP contribution in [0.25, 0.3) is 0 Å². The Morgan fingerprint density at radius 1 is 1.42 bits per heavy atom. The van der Waals surface area contributed by atoms with Gasteiger partial charge in [-0.3, -0.25) is 0 Å². The zero-order valence-electron chi connectivity index (χ0n) is 8.93. The summed E-state index contributed by atoms with van der Waals surface area (Å²) >= 11 is 0. The van der Waals surface area contributed by atoms with E-state index in [1.807, 2.05) is 0 Å². The van der Waals surface area contributed by atoms with Crippen LogP contribution >= 0.6 is 0 Å². The van der Waals surface area contributed by atoms with Gasteiger partial charge in [-0.05, 0) is 46.0 Å². The molecule has 0 aliphatic heterocycles. The van der Waals surface area contributed by atoms with E-state index in [1.54, 1.807) is 0 Å². The molecule has 1 unspecified atom stereocenters. The molecular weight excluding hydrogens is 146 g/mol. The third-order valence-corrected chi connectivity index (χ3v) is 2.06. The van der Waals surface area contributed by atoms with Crippen molar-refractivity contribution < 1.29 is 0 Å². The van der Waals surface area contributed by atoms with Crippen LogP contribution < -0.4 is 5.73 Å². The Kier molecular flexibility index (Phi) is 5.23. The van der Waals surface area contributed by atoms with E-state index in [4.69, 9.17) is 5.73 Å². The highest BCUT2D eigenvalue weighted by molar-refractivity contribution is 4.80. The van der Waals surface area contributed by atoms with Crippen molar-refractivity contribution in [3.05, 3.63) is 12.2 Å². The number of hydrogen-bond acceptors (Lipinski definition) is 1. The van der Waals surface area contributed by atoms with Crippen molar-refractivity contribution in [2.24, 2.45) is 11.7 Å². The third-order valence-electron chi connectivity index (χ3n) is 2.06. The molecule has 1 heteroatoms. The second-order valence-corrected chi connectivity index (χ2v) is 4.44. The van der Waals surface area contributed by atoms with Crippen LogP contribution in [0.4, 0.5) is 0 Å². The summed E-state index contributed by atoms with van der Waals surface area (Å²) in [5.74, 6) is 0.768. The van der Waals surface area contributed by atoms with Crippen LogP contribution in [-0.2, 0) is 0 Å². The van der Waals surface area contributed by atoms with Crippen molar-refractivity contribution in [1.29, 1.82) is 0 Å². The molecule has 2 N–H and O–H groups in total. The molecule has 1 atom stereocenters. The van der Waals surface area contributed by atoms with Crippen molar-refractivity contribution in [2.45, 2.75) is 52.5 Å². The summed E-state index contributed by atoms with van der Waals surface area (Å²) in [7, 11) is 0. The molecule has 0 heterocycles. The van der Waals surface area contributed by atoms with Gasteiger partial charge in [0.05, 0.1) is 0 Å². The standard InChI is InChI=1S/C11H23N/c1-5-6-7-10(2)8-9-11(3,4)12/h5-6,10H,7-9,12H2,1-4H3. The first-order valence-electron chi connectivity index (χ1n) is 4.86. The molecule has 12 heavy (non-hydrogen) atoms. The van der Waals surface area contributed by atoms with Gasteiger partial charge in [-0.2, -0.15) is 0 Å². The van der Waals surface area contributed by atoms with Crippen LogP contribution in [0.2, 0.25) is 0 Å². The predicted octanol–water partition coefficient (Wildman–Crippen LogP) is 3.11. The van der Waals surface area contributed by atoms with E-state index < -0.39 is 0 Å². The molecule has 0 aromatic rings. The van der Waals surface area contributed by atoms with Gasteiger partial charge in [0.25, 0.3) is 0 Å². The monoisotopic (exact) mass is 169 g/mol. The van der Waals surface area contributed by atoms with Gasteiger partial charge >= 0.3 is 0 Å². The van der Waals surface area contributed by atoms with E-state index in [1.165, 1.54) is 12.8 Å². The van der Waals surface area contributed by atoms with Gasteiger partial charge in [-0.25, -0.2) is 0 Å². The lowest BCUT2D eigenvalue weighted by Crippen LogP contribution is -2.32. The number of rotatable bonds is 5. The largest absolute Gasteiger partial charge is 0.326 e. The van der Waals surface area contributed by atoms with E-state index in [0.29, 0.717) is 0 Å². The molecule has 0 amide bonds. The summed E-state index contributed by atoms with van der Waals surface area (Å²) in [6, 6.07) is 0. The predicted molar refractivity (Wildman–Crippen MR) is 56.1 cm³/mol. The average molecular weight is 169 g/mol. The normalized spacial score (nSPS) is 15.4. The fourth-order valence-corrected chi connectivity index (χ4v) is 1.10. The summed E-state index contributed by atoms with van der Waals surface area (Å²) in [5.41, 5.74) is 5.90. The number of nitrogens with two attached hydrogens (primary N) is 1. The Morgan fingerprint density at radius 3 is 2.42 bits per heavy atom. The van der Waals surface area contributed by atoms with E-state index in [9.17, 15) is 0 Å². The molecule has 0 aromatic heterocycles. The molecule has 0 rings (SSSR count). The van der Waals surface area contributed by atoms with Crippen LogP contribution in [0.5, 0.6) is 0 Å². The number of allylic oxidation sites excluding steroid dienone is 2. The average Bonchev–Trinajstić information content (AvgIpc) is 1.95. The summed E-state index contributed by atoms with van der Waals surface area (Å²) in [5, 5.41) is 0. The molecule has 72 valence electrons. The maximum atomic E-state index is 5.89. The highest BCUT2D eigenvalue weighted by Gasteiger charge is 2.11. The third kappa shape index (κ3) is 7.80. The second kappa shape index (κ2) is 5.36. The SMILES string of the molecule is CC=CCC(C)CCC(C)(C)N. The Balaban J connectivity index is 3.50. The zero-order chi connectivity index (χ0) is 9.61. The zero-order valence-corrected chi connectivity index (χ0v) is 8.93.